The Hall–Kier alpha value is -1.14. The van der Waals surface area contributed by atoms with Gasteiger partial charge in [-0.1, -0.05) is 0 Å². The molecule has 0 fully saturated rings. The molecule has 5 nitrogen and oxygen atoms in total. The lowest BCUT2D eigenvalue weighted by molar-refractivity contribution is 0.111. The fraction of sp³-hybridized carbons (Fsp3) is 0. The van der Waals surface area contributed by atoms with Crippen LogP contribution in [-0.4, -0.2) is 24.2 Å². The summed E-state index contributed by atoms with van der Waals surface area (Å²) < 4.78 is 29.2. The number of nitrogens with one attached hydrogen (secondary N) is 1. The highest BCUT2D eigenvalue weighted by molar-refractivity contribution is 7.85. The molecule has 0 aliphatic rings. The first kappa shape index (κ1) is 7.96. The zero-order valence-electron chi connectivity index (χ0n) is 5.31. The number of aldehydes is 1. The second kappa shape index (κ2) is 2.48. The lowest BCUT2D eigenvalue weighted by Crippen LogP contribution is -1.94. The number of carbonyl (C=O) groups excluding carboxylic acids is 1. The van der Waals surface area contributed by atoms with Crippen molar-refractivity contribution in [2.24, 2.45) is 0 Å². The third-order valence-electron chi connectivity index (χ3n) is 1.10. The first-order valence-corrected chi connectivity index (χ1v) is 4.09. The van der Waals surface area contributed by atoms with Gasteiger partial charge in [0, 0.05) is 6.20 Å². The molecule has 1 aromatic heterocycles. The van der Waals surface area contributed by atoms with Crippen LogP contribution < -0.4 is 0 Å². The van der Waals surface area contributed by atoms with E-state index in [-0.39, 0.29) is 10.6 Å². The van der Waals surface area contributed by atoms with Crippen LogP contribution in [0.4, 0.5) is 0 Å². The van der Waals surface area contributed by atoms with Gasteiger partial charge in [0.1, 0.15) is 4.90 Å². The van der Waals surface area contributed by atoms with Crippen LogP contribution in [0, 0.1) is 0 Å². The Kier molecular flexibility index (Phi) is 1.79. The van der Waals surface area contributed by atoms with Crippen LogP contribution in [0.15, 0.2) is 17.2 Å². The van der Waals surface area contributed by atoms with Gasteiger partial charge in [0.25, 0.3) is 10.1 Å². The molecule has 0 saturated heterocycles. The van der Waals surface area contributed by atoms with Gasteiger partial charge in [0.2, 0.25) is 0 Å². The summed E-state index contributed by atoms with van der Waals surface area (Å²) in [6, 6.07) is 1.04. The van der Waals surface area contributed by atoms with Crippen LogP contribution >= 0.6 is 0 Å². The molecule has 6 heteroatoms. The Labute approximate surface area is 62.8 Å². The van der Waals surface area contributed by atoms with Crippen LogP contribution in [0.1, 0.15) is 10.5 Å². The van der Waals surface area contributed by atoms with Gasteiger partial charge in [0.15, 0.2) is 6.29 Å². The smallest absolute Gasteiger partial charge is 0.296 e. The normalized spacial score (nSPS) is 11.4. The van der Waals surface area contributed by atoms with Crippen molar-refractivity contribution in [2.75, 3.05) is 0 Å². The summed E-state index contributed by atoms with van der Waals surface area (Å²) in [7, 11) is -4.18. The molecule has 0 radical (unpaired) electrons. The summed E-state index contributed by atoms with van der Waals surface area (Å²) >= 11 is 0. The molecule has 60 valence electrons. The predicted molar refractivity (Wildman–Crippen MR) is 36.0 cm³/mol. The fourth-order valence-electron chi connectivity index (χ4n) is 0.608. The van der Waals surface area contributed by atoms with Crippen molar-refractivity contribution >= 4 is 16.4 Å². The second-order valence-electron chi connectivity index (χ2n) is 1.88. The maximum atomic E-state index is 10.4. The van der Waals surface area contributed by atoms with E-state index in [4.69, 9.17) is 4.55 Å². The van der Waals surface area contributed by atoms with Gasteiger partial charge in [-0.15, -0.1) is 0 Å². The minimum Gasteiger partial charge on any atom is -0.358 e. The Bertz CT molecular complexity index is 364. The van der Waals surface area contributed by atoms with Gasteiger partial charge in [-0.3, -0.25) is 9.35 Å². The summed E-state index contributed by atoms with van der Waals surface area (Å²) in [6.07, 6.45) is 1.49. The molecule has 11 heavy (non-hydrogen) atoms. The molecular weight excluding hydrogens is 170 g/mol. The van der Waals surface area contributed by atoms with E-state index >= 15 is 0 Å². The van der Waals surface area contributed by atoms with Crippen LogP contribution in [0.2, 0.25) is 0 Å². The average molecular weight is 175 g/mol. The number of H-pyrrole nitrogens is 1. The van der Waals surface area contributed by atoms with Crippen molar-refractivity contribution in [3.8, 4) is 0 Å². The lowest BCUT2D eigenvalue weighted by atomic mass is 10.5. The summed E-state index contributed by atoms with van der Waals surface area (Å²) in [5.74, 6) is 0. The zero-order valence-corrected chi connectivity index (χ0v) is 6.13. The molecule has 0 saturated carbocycles. The molecule has 0 atom stereocenters. The van der Waals surface area contributed by atoms with E-state index < -0.39 is 10.1 Å². The Morgan fingerprint density at radius 1 is 1.55 bits per heavy atom. The molecule has 2 N–H and O–H groups in total. The van der Waals surface area contributed by atoms with Gasteiger partial charge < -0.3 is 4.98 Å². The van der Waals surface area contributed by atoms with E-state index in [2.05, 4.69) is 4.98 Å². The van der Waals surface area contributed by atoms with E-state index in [1.165, 1.54) is 0 Å². The Balaban J connectivity index is 3.18. The topological polar surface area (TPSA) is 87.2 Å². The highest BCUT2D eigenvalue weighted by Gasteiger charge is 2.10. The molecule has 1 aromatic rings. The number of aromatic nitrogens is 1. The quantitative estimate of drug-likeness (QED) is 0.492. The fourth-order valence-corrected chi connectivity index (χ4v) is 1.09. The molecular formula is C5H5NO4S. The Morgan fingerprint density at radius 2 is 2.18 bits per heavy atom. The largest absolute Gasteiger partial charge is 0.358 e. The molecule has 0 spiro atoms. The molecule has 0 bridgehead atoms. The maximum absolute atomic E-state index is 10.4. The molecule has 0 amide bonds. The van der Waals surface area contributed by atoms with Gasteiger partial charge in [0.05, 0.1) is 5.69 Å². The SMILES string of the molecule is O=Cc1cc(S(=O)(=O)O)c[nH]1. The van der Waals surface area contributed by atoms with Crippen molar-refractivity contribution in [2.45, 2.75) is 4.90 Å². The van der Waals surface area contributed by atoms with Crippen molar-refractivity contribution in [3.05, 3.63) is 18.0 Å². The standard InChI is InChI=1S/C5H5NO4S/c7-3-4-1-5(2-6-4)11(8,9)10/h1-3,6H,(H,8,9,10). The summed E-state index contributed by atoms with van der Waals surface area (Å²) in [6.45, 7) is 0. The highest BCUT2D eigenvalue weighted by Crippen LogP contribution is 2.07. The predicted octanol–water partition coefficient (Wildman–Crippen LogP) is 0.0739. The van der Waals surface area contributed by atoms with E-state index in [0.717, 1.165) is 12.3 Å². The van der Waals surface area contributed by atoms with E-state index in [1.54, 1.807) is 0 Å². The number of aromatic amines is 1. The van der Waals surface area contributed by atoms with Crippen molar-refractivity contribution in [1.82, 2.24) is 4.98 Å². The number of carbonyl (C=O) groups is 1. The van der Waals surface area contributed by atoms with Gasteiger partial charge >= 0.3 is 0 Å². The average Bonchev–Trinajstić information content (AvgIpc) is 2.32. The first-order valence-electron chi connectivity index (χ1n) is 2.65. The monoisotopic (exact) mass is 175 g/mol. The van der Waals surface area contributed by atoms with Crippen molar-refractivity contribution in [1.29, 1.82) is 0 Å². The molecule has 1 heterocycles. The van der Waals surface area contributed by atoms with Crippen LogP contribution in [0.5, 0.6) is 0 Å². The lowest BCUT2D eigenvalue weighted by Gasteiger charge is -1.85. The molecule has 0 aromatic carbocycles. The molecule has 0 unspecified atom stereocenters. The van der Waals surface area contributed by atoms with Crippen LogP contribution in [0.3, 0.4) is 0 Å². The molecule has 0 aliphatic heterocycles. The van der Waals surface area contributed by atoms with E-state index in [9.17, 15) is 13.2 Å². The number of rotatable bonds is 2. The number of hydrogen-bond acceptors (Lipinski definition) is 3. The summed E-state index contributed by atoms with van der Waals surface area (Å²) in [4.78, 5) is 12.1. The van der Waals surface area contributed by atoms with Crippen molar-refractivity contribution in [3.63, 3.8) is 0 Å². The van der Waals surface area contributed by atoms with Gasteiger partial charge in [-0.05, 0) is 6.07 Å². The van der Waals surface area contributed by atoms with Crippen LogP contribution in [-0.2, 0) is 10.1 Å². The highest BCUT2D eigenvalue weighted by atomic mass is 32.2. The zero-order chi connectivity index (χ0) is 8.48. The Morgan fingerprint density at radius 3 is 2.45 bits per heavy atom. The maximum Gasteiger partial charge on any atom is 0.296 e. The summed E-state index contributed by atoms with van der Waals surface area (Å²) in [5, 5.41) is 0. The number of hydrogen-bond donors (Lipinski definition) is 2. The molecule has 1 rings (SSSR count). The van der Waals surface area contributed by atoms with Gasteiger partial charge in [-0.25, -0.2) is 0 Å². The molecule has 0 aliphatic carbocycles. The van der Waals surface area contributed by atoms with Crippen LogP contribution in [0.25, 0.3) is 0 Å². The first-order chi connectivity index (χ1) is 5.04. The summed E-state index contributed by atoms with van der Waals surface area (Å²) in [5.41, 5.74) is 0.109. The third kappa shape index (κ3) is 1.66. The third-order valence-corrected chi connectivity index (χ3v) is 1.94. The minimum atomic E-state index is -4.18. The minimum absolute atomic E-state index is 0.109. The van der Waals surface area contributed by atoms with E-state index in [0.29, 0.717) is 6.29 Å². The van der Waals surface area contributed by atoms with E-state index in [1.807, 2.05) is 0 Å². The second-order valence-corrected chi connectivity index (χ2v) is 3.31. The van der Waals surface area contributed by atoms with Gasteiger partial charge in [-0.2, -0.15) is 8.42 Å². The van der Waals surface area contributed by atoms with Crippen molar-refractivity contribution < 1.29 is 17.8 Å².